The lowest BCUT2D eigenvalue weighted by atomic mass is 10.1. The number of carboxylic acid groups (broad SMARTS) is 1. The summed E-state index contributed by atoms with van der Waals surface area (Å²) in [6.07, 6.45) is 3.60. The summed E-state index contributed by atoms with van der Waals surface area (Å²) in [6.45, 7) is 7.48. The minimum atomic E-state index is -0.796. The number of carboxylic acids is 1. The van der Waals surface area contributed by atoms with E-state index in [9.17, 15) is 4.79 Å². The van der Waals surface area contributed by atoms with E-state index in [2.05, 4.69) is 5.10 Å². The molecule has 0 amide bonds. The molecule has 1 aromatic rings. The monoisotopic (exact) mass is 225 g/mol. The lowest BCUT2D eigenvalue weighted by Crippen LogP contribution is -2.45. The van der Waals surface area contributed by atoms with Crippen LogP contribution >= 0.6 is 0 Å². The number of aliphatic carboxylic acids is 1. The van der Waals surface area contributed by atoms with Gasteiger partial charge in [0.2, 0.25) is 0 Å². The van der Waals surface area contributed by atoms with E-state index >= 15 is 0 Å². The van der Waals surface area contributed by atoms with Crippen LogP contribution in [0.5, 0.6) is 0 Å². The molecule has 5 heteroatoms. The van der Waals surface area contributed by atoms with Crippen molar-refractivity contribution < 1.29 is 9.90 Å². The van der Waals surface area contributed by atoms with Crippen LogP contribution < -0.4 is 0 Å². The Kier molecular flexibility index (Phi) is 4.06. The molecule has 0 fully saturated rings. The Balaban J connectivity index is 2.54. The molecule has 1 heterocycles. The van der Waals surface area contributed by atoms with Crippen LogP contribution in [0.2, 0.25) is 0 Å². The quantitative estimate of drug-likeness (QED) is 0.814. The summed E-state index contributed by atoms with van der Waals surface area (Å²) in [5, 5.41) is 12.9. The van der Waals surface area contributed by atoms with Gasteiger partial charge in [-0.2, -0.15) is 5.10 Å². The second-order valence-corrected chi connectivity index (χ2v) is 4.76. The van der Waals surface area contributed by atoms with Gasteiger partial charge in [-0.05, 0) is 26.8 Å². The van der Waals surface area contributed by atoms with Crippen molar-refractivity contribution in [2.75, 3.05) is 13.1 Å². The molecule has 0 atom stereocenters. The van der Waals surface area contributed by atoms with Gasteiger partial charge in [0, 0.05) is 24.5 Å². The standard InChI is InChI=1S/C11H19N3O2/c1-11(2,3)13(9-10(15)16)7-8-14-6-4-5-12-14/h4-6H,7-9H2,1-3H3,(H,15,16). The molecule has 0 aliphatic heterocycles. The van der Waals surface area contributed by atoms with Gasteiger partial charge in [-0.3, -0.25) is 14.4 Å². The third kappa shape index (κ3) is 4.02. The number of rotatable bonds is 5. The fourth-order valence-electron chi connectivity index (χ4n) is 1.47. The Bertz CT molecular complexity index is 327. The lowest BCUT2D eigenvalue weighted by molar-refractivity contribution is -0.139. The van der Waals surface area contributed by atoms with Crippen LogP contribution in [0.1, 0.15) is 20.8 Å². The summed E-state index contributed by atoms with van der Waals surface area (Å²) >= 11 is 0. The zero-order chi connectivity index (χ0) is 12.2. The molecule has 0 saturated heterocycles. The minimum absolute atomic E-state index is 0.0603. The highest BCUT2D eigenvalue weighted by molar-refractivity contribution is 5.69. The van der Waals surface area contributed by atoms with Crippen LogP contribution in [0.3, 0.4) is 0 Å². The fraction of sp³-hybridized carbons (Fsp3) is 0.636. The molecular formula is C11H19N3O2. The summed E-state index contributed by atoms with van der Waals surface area (Å²) in [5.41, 5.74) is -0.147. The topological polar surface area (TPSA) is 58.4 Å². The number of hydrogen-bond acceptors (Lipinski definition) is 3. The first kappa shape index (κ1) is 12.7. The maximum absolute atomic E-state index is 10.8. The van der Waals surface area contributed by atoms with Crippen molar-refractivity contribution >= 4 is 5.97 Å². The first-order valence-electron chi connectivity index (χ1n) is 5.34. The van der Waals surface area contributed by atoms with Crippen molar-refractivity contribution in [3.05, 3.63) is 18.5 Å². The molecule has 0 unspecified atom stereocenters. The Hall–Kier alpha value is -1.36. The Morgan fingerprint density at radius 2 is 2.19 bits per heavy atom. The zero-order valence-corrected chi connectivity index (χ0v) is 10.1. The number of carbonyl (C=O) groups is 1. The molecule has 0 saturated carbocycles. The summed E-state index contributed by atoms with van der Waals surface area (Å²) in [4.78, 5) is 12.7. The molecule has 16 heavy (non-hydrogen) atoms. The van der Waals surface area contributed by atoms with Gasteiger partial charge < -0.3 is 5.11 Å². The second kappa shape index (κ2) is 5.12. The van der Waals surface area contributed by atoms with Crippen LogP contribution in [-0.4, -0.2) is 44.4 Å². The number of aromatic nitrogens is 2. The van der Waals surface area contributed by atoms with Crippen molar-refractivity contribution in [1.29, 1.82) is 0 Å². The smallest absolute Gasteiger partial charge is 0.317 e. The van der Waals surface area contributed by atoms with Gasteiger partial charge in [-0.1, -0.05) is 0 Å². The SMILES string of the molecule is CC(C)(C)N(CCn1cccn1)CC(=O)O. The first-order chi connectivity index (χ1) is 7.39. The Morgan fingerprint density at radius 3 is 2.62 bits per heavy atom. The molecule has 0 radical (unpaired) electrons. The summed E-state index contributed by atoms with van der Waals surface area (Å²) in [7, 11) is 0. The lowest BCUT2D eigenvalue weighted by Gasteiger charge is -2.34. The van der Waals surface area contributed by atoms with Gasteiger partial charge in [0.15, 0.2) is 0 Å². The molecule has 0 spiro atoms. The van der Waals surface area contributed by atoms with E-state index in [4.69, 9.17) is 5.11 Å². The molecule has 1 N–H and O–H groups in total. The molecular weight excluding hydrogens is 206 g/mol. The maximum atomic E-state index is 10.8. The van der Waals surface area contributed by atoms with Gasteiger partial charge in [0.05, 0.1) is 13.1 Å². The molecule has 0 bridgehead atoms. The molecule has 1 aromatic heterocycles. The Labute approximate surface area is 95.7 Å². The molecule has 0 aromatic carbocycles. The van der Waals surface area contributed by atoms with E-state index in [0.717, 1.165) is 0 Å². The summed E-state index contributed by atoms with van der Waals surface area (Å²) in [6, 6.07) is 1.86. The van der Waals surface area contributed by atoms with Gasteiger partial charge in [-0.15, -0.1) is 0 Å². The molecule has 1 rings (SSSR count). The molecule has 0 aliphatic carbocycles. The average molecular weight is 225 g/mol. The highest BCUT2D eigenvalue weighted by Gasteiger charge is 2.22. The fourth-order valence-corrected chi connectivity index (χ4v) is 1.47. The van der Waals surface area contributed by atoms with E-state index < -0.39 is 5.97 Å². The number of nitrogens with zero attached hydrogens (tertiary/aromatic N) is 3. The molecule has 90 valence electrons. The average Bonchev–Trinajstić information content (AvgIpc) is 2.62. The van der Waals surface area contributed by atoms with E-state index in [1.807, 2.05) is 37.9 Å². The van der Waals surface area contributed by atoms with Crippen LogP contribution in [-0.2, 0) is 11.3 Å². The minimum Gasteiger partial charge on any atom is -0.480 e. The van der Waals surface area contributed by atoms with Crippen molar-refractivity contribution in [1.82, 2.24) is 14.7 Å². The van der Waals surface area contributed by atoms with Gasteiger partial charge in [0.25, 0.3) is 0 Å². The molecule has 5 nitrogen and oxygen atoms in total. The highest BCUT2D eigenvalue weighted by Crippen LogP contribution is 2.12. The van der Waals surface area contributed by atoms with Gasteiger partial charge in [0.1, 0.15) is 0 Å². The van der Waals surface area contributed by atoms with Crippen molar-refractivity contribution in [2.45, 2.75) is 32.9 Å². The Morgan fingerprint density at radius 1 is 1.50 bits per heavy atom. The largest absolute Gasteiger partial charge is 0.480 e. The first-order valence-corrected chi connectivity index (χ1v) is 5.34. The third-order valence-electron chi connectivity index (χ3n) is 2.43. The van der Waals surface area contributed by atoms with Gasteiger partial charge >= 0.3 is 5.97 Å². The third-order valence-corrected chi connectivity index (χ3v) is 2.43. The van der Waals surface area contributed by atoms with Crippen LogP contribution in [0.25, 0.3) is 0 Å². The predicted molar refractivity (Wildman–Crippen MR) is 61.2 cm³/mol. The normalized spacial score (nSPS) is 12.0. The summed E-state index contributed by atoms with van der Waals surface area (Å²) < 4.78 is 1.81. The van der Waals surface area contributed by atoms with Gasteiger partial charge in [-0.25, -0.2) is 0 Å². The number of hydrogen-bond donors (Lipinski definition) is 1. The van der Waals surface area contributed by atoms with E-state index in [0.29, 0.717) is 13.1 Å². The highest BCUT2D eigenvalue weighted by atomic mass is 16.4. The van der Waals surface area contributed by atoms with Crippen LogP contribution in [0.15, 0.2) is 18.5 Å². The maximum Gasteiger partial charge on any atom is 0.317 e. The van der Waals surface area contributed by atoms with E-state index in [1.54, 1.807) is 10.9 Å². The van der Waals surface area contributed by atoms with Crippen molar-refractivity contribution in [2.24, 2.45) is 0 Å². The summed E-state index contributed by atoms with van der Waals surface area (Å²) in [5.74, 6) is -0.796. The predicted octanol–water partition coefficient (Wildman–Crippen LogP) is 1.07. The molecule has 0 aliphatic rings. The van der Waals surface area contributed by atoms with E-state index in [1.165, 1.54) is 0 Å². The second-order valence-electron chi connectivity index (χ2n) is 4.76. The van der Waals surface area contributed by atoms with Crippen molar-refractivity contribution in [3.63, 3.8) is 0 Å². The van der Waals surface area contributed by atoms with Crippen molar-refractivity contribution in [3.8, 4) is 0 Å². The van der Waals surface area contributed by atoms with Crippen LogP contribution in [0.4, 0.5) is 0 Å². The van der Waals surface area contributed by atoms with E-state index in [-0.39, 0.29) is 12.1 Å². The van der Waals surface area contributed by atoms with Crippen LogP contribution in [0, 0.1) is 0 Å². The zero-order valence-electron chi connectivity index (χ0n) is 10.1.